The Kier molecular flexibility index (Phi) is 1.96. The quantitative estimate of drug-likeness (QED) is 0.805. The van der Waals surface area contributed by atoms with Crippen LogP contribution in [0.15, 0.2) is 0 Å². The van der Waals surface area contributed by atoms with Gasteiger partial charge in [-0.3, -0.25) is 9.48 Å². The van der Waals surface area contributed by atoms with Crippen molar-refractivity contribution in [3.8, 4) is 0 Å². The van der Waals surface area contributed by atoms with Crippen LogP contribution in [-0.2, 0) is 18.3 Å². The summed E-state index contributed by atoms with van der Waals surface area (Å²) in [4.78, 5) is 13.9. The second-order valence-corrected chi connectivity index (χ2v) is 4.53. The van der Waals surface area contributed by atoms with Crippen LogP contribution in [0, 0.1) is 0 Å². The second-order valence-electron chi connectivity index (χ2n) is 4.53. The summed E-state index contributed by atoms with van der Waals surface area (Å²) >= 11 is 0. The van der Waals surface area contributed by atoms with Crippen molar-refractivity contribution in [3.05, 3.63) is 5.69 Å². The van der Waals surface area contributed by atoms with Crippen molar-refractivity contribution in [2.45, 2.75) is 32.2 Å². The first-order valence-corrected chi connectivity index (χ1v) is 5.83. The maximum absolute atomic E-state index is 11.7. The van der Waals surface area contributed by atoms with Gasteiger partial charge in [0.1, 0.15) is 5.69 Å². The number of carbonyl (C=O) groups is 1. The van der Waals surface area contributed by atoms with Crippen molar-refractivity contribution < 1.29 is 4.79 Å². The van der Waals surface area contributed by atoms with Gasteiger partial charge in [0.2, 0.25) is 5.91 Å². The molecule has 0 radical (unpaired) electrons. The number of hydrogen-bond donors (Lipinski definition) is 1. The van der Waals surface area contributed by atoms with Crippen LogP contribution in [0.4, 0.5) is 11.5 Å². The molecule has 1 aliphatic carbocycles. The van der Waals surface area contributed by atoms with E-state index < -0.39 is 0 Å². The Morgan fingerprint density at radius 1 is 1.50 bits per heavy atom. The molecule has 1 aliphatic heterocycles. The van der Waals surface area contributed by atoms with Crippen LogP contribution < -0.4 is 10.2 Å². The lowest BCUT2D eigenvalue weighted by Crippen LogP contribution is -2.40. The van der Waals surface area contributed by atoms with Gasteiger partial charge in [-0.05, 0) is 19.3 Å². The van der Waals surface area contributed by atoms with Crippen LogP contribution in [0.25, 0.3) is 0 Å². The first-order chi connectivity index (χ1) is 7.70. The zero-order valence-electron chi connectivity index (χ0n) is 9.66. The summed E-state index contributed by atoms with van der Waals surface area (Å²) in [5.74, 6) is 1.17. The van der Waals surface area contributed by atoms with E-state index in [1.54, 1.807) is 0 Å². The summed E-state index contributed by atoms with van der Waals surface area (Å²) in [5.41, 5.74) is 1.91. The van der Waals surface area contributed by atoms with Crippen LogP contribution >= 0.6 is 0 Å². The van der Waals surface area contributed by atoms with Gasteiger partial charge in [0, 0.05) is 13.1 Å². The summed E-state index contributed by atoms with van der Waals surface area (Å²) in [6, 6.07) is 0.546. The number of nitrogens with zero attached hydrogens (tertiary/aromatic N) is 3. The van der Waals surface area contributed by atoms with Gasteiger partial charge >= 0.3 is 0 Å². The lowest BCUT2D eigenvalue weighted by Gasteiger charge is -2.29. The minimum atomic E-state index is 0.0853. The second kappa shape index (κ2) is 3.23. The van der Waals surface area contributed by atoms with Crippen LogP contribution in [0.2, 0.25) is 0 Å². The highest BCUT2D eigenvalue weighted by Gasteiger charge is 2.37. The molecule has 0 bridgehead atoms. The van der Waals surface area contributed by atoms with Gasteiger partial charge in [-0.15, -0.1) is 0 Å². The molecule has 0 saturated heterocycles. The van der Waals surface area contributed by atoms with Crippen LogP contribution in [0.5, 0.6) is 0 Å². The Hall–Kier alpha value is -1.52. The van der Waals surface area contributed by atoms with Crippen molar-refractivity contribution in [2.24, 2.45) is 7.05 Å². The summed E-state index contributed by atoms with van der Waals surface area (Å²) < 4.78 is 1.89. The molecule has 16 heavy (non-hydrogen) atoms. The minimum absolute atomic E-state index is 0.0853. The number of anilines is 2. The average Bonchev–Trinajstić information content (AvgIpc) is 3.04. The molecule has 0 atom stereocenters. The molecule has 0 aromatic carbocycles. The first kappa shape index (κ1) is 9.69. The van der Waals surface area contributed by atoms with Gasteiger partial charge in [0.15, 0.2) is 5.82 Å². The van der Waals surface area contributed by atoms with E-state index in [1.807, 2.05) is 11.7 Å². The zero-order valence-corrected chi connectivity index (χ0v) is 9.66. The number of rotatable bonds is 2. The summed E-state index contributed by atoms with van der Waals surface area (Å²) in [7, 11) is 1.95. The van der Waals surface area contributed by atoms with Crippen molar-refractivity contribution in [1.82, 2.24) is 9.78 Å². The Labute approximate surface area is 94.4 Å². The molecule has 1 aromatic heterocycles. The Morgan fingerprint density at radius 2 is 2.25 bits per heavy atom. The molecular formula is C11H16N4O. The molecule has 1 N–H and O–H groups in total. The van der Waals surface area contributed by atoms with Crippen molar-refractivity contribution in [3.63, 3.8) is 0 Å². The molecule has 3 rings (SSSR count). The summed E-state index contributed by atoms with van der Waals surface area (Å²) in [5, 5.41) is 7.41. The third-order valence-electron chi connectivity index (χ3n) is 3.26. The fraction of sp³-hybridized carbons (Fsp3) is 0.636. The molecule has 1 amide bonds. The minimum Gasteiger partial charge on any atom is -0.343 e. The fourth-order valence-corrected chi connectivity index (χ4v) is 2.37. The van der Waals surface area contributed by atoms with Crippen molar-refractivity contribution >= 4 is 17.4 Å². The normalized spacial score (nSPS) is 19.6. The van der Waals surface area contributed by atoms with Crippen LogP contribution in [0.1, 0.15) is 25.5 Å². The predicted octanol–water partition coefficient (Wildman–Crippen LogP) is 0.903. The molecule has 86 valence electrons. The molecule has 1 aromatic rings. The number of hydrogen-bond acceptors (Lipinski definition) is 3. The van der Waals surface area contributed by atoms with Crippen LogP contribution in [0.3, 0.4) is 0 Å². The topological polar surface area (TPSA) is 50.2 Å². The van der Waals surface area contributed by atoms with Gasteiger partial charge < -0.3 is 10.2 Å². The highest BCUT2D eigenvalue weighted by molar-refractivity contribution is 6.01. The fourth-order valence-electron chi connectivity index (χ4n) is 2.37. The third kappa shape index (κ3) is 1.31. The van der Waals surface area contributed by atoms with Crippen molar-refractivity contribution in [1.29, 1.82) is 0 Å². The lowest BCUT2D eigenvalue weighted by molar-refractivity contribution is -0.115. The molecule has 5 heteroatoms. The Balaban J connectivity index is 2.09. The maximum atomic E-state index is 11.7. The molecule has 2 aliphatic rings. The standard InChI is InChI=1S/C11H16N4O/c1-3-8-10-11(14(2)13-8)15(7-4-5-7)6-9(16)12-10/h7H,3-6H2,1-2H3,(H,12,16). The van der Waals surface area contributed by atoms with Gasteiger partial charge in [0.05, 0.1) is 12.2 Å². The molecule has 2 heterocycles. The number of carbonyl (C=O) groups excluding carboxylic acids is 1. The lowest BCUT2D eigenvalue weighted by atomic mass is 10.2. The highest BCUT2D eigenvalue weighted by Crippen LogP contribution is 2.39. The Bertz CT molecular complexity index is 447. The number of fused-ring (bicyclic) bond motifs is 1. The number of aryl methyl sites for hydroxylation is 2. The van der Waals surface area contributed by atoms with E-state index in [1.165, 1.54) is 12.8 Å². The molecule has 1 saturated carbocycles. The predicted molar refractivity (Wildman–Crippen MR) is 61.6 cm³/mol. The van der Waals surface area contributed by atoms with Gasteiger partial charge in [0.25, 0.3) is 0 Å². The van der Waals surface area contributed by atoms with Gasteiger partial charge in [-0.25, -0.2) is 0 Å². The van der Waals surface area contributed by atoms with E-state index in [0.29, 0.717) is 12.6 Å². The maximum Gasteiger partial charge on any atom is 0.244 e. The smallest absolute Gasteiger partial charge is 0.244 e. The monoisotopic (exact) mass is 220 g/mol. The molecule has 0 unspecified atom stereocenters. The molecule has 1 fully saturated rings. The molecule has 5 nitrogen and oxygen atoms in total. The van der Waals surface area contributed by atoms with E-state index in [4.69, 9.17) is 0 Å². The number of aromatic nitrogens is 2. The van der Waals surface area contributed by atoms with E-state index in [9.17, 15) is 4.79 Å². The number of nitrogens with one attached hydrogen (secondary N) is 1. The van der Waals surface area contributed by atoms with Gasteiger partial charge in [-0.2, -0.15) is 5.10 Å². The van der Waals surface area contributed by atoms with Gasteiger partial charge in [-0.1, -0.05) is 6.92 Å². The SMILES string of the molecule is CCc1nn(C)c2c1NC(=O)CN2C1CC1. The zero-order chi connectivity index (χ0) is 11.3. The number of amides is 1. The van der Waals surface area contributed by atoms with E-state index >= 15 is 0 Å². The highest BCUT2D eigenvalue weighted by atomic mass is 16.2. The van der Waals surface area contributed by atoms with E-state index in [0.717, 1.165) is 23.6 Å². The Morgan fingerprint density at radius 3 is 2.88 bits per heavy atom. The summed E-state index contributed by atoms with van der Waals surface area (Å²) in [6.45, 7) is 2.53. The van der Waals surface area contributed by atoms with Crippen molar-refractivity contribution in [2.75, 3.05) is 16.8 Å². The molecular weight excluding hydrogens is 204 g/mol. The average molecular weight is 220 g/mol. The first-order valence-electron chi connectivity index (χ1n) is 5.83. The van der Waals surface area contributed by atoms with E-state index in [2.05, 4.69) is 22.2 Å². The van der Waals surface area contributed by atoms with E-state index in [-0.39, 0.29) is 5.91 Å². The summed E-state index contributed by atoms with van der Waals surface area (Å²) in [6.07, 6.45) is 3.24. The third-order valence-corrected chi connectivity index (χ3v) is 3.26. The largest absolute Gasteiger partial charge is 0.343 e. The molecule has 0 spiro atoms. The van der Waals surface area contributed by atoms with Crippen LogP contribution in [-0.4, -0.2) is 28.3 Å².